The number of rotatable bonds is 2. The first-order chi connectivity index (χ1) is 6.10. The fourth-order valence-electron chi connectivity index (χ4n) is 1.80. The molecule has 1 N–H and O–H groups in total. The van der Waals surface area contributed by atoms with Crippen LogP contribution in [0.3, 0.4) is 0 Å². The van der Waals surface area contributed by atoms with Gasteiger partial charge in [-0.3, -0.25) is 10.0 Å². The second kappa shape index (κ2) is 3.92. The Labute approximate surface area is 79.0 Å². The first kappa shape index (κ1) is 10.3. The summed E-state index contributed by atoms with van der Waals surface area (Å²) in [5.41, 5.74) is -0.438. The van der Waals surface area contributed by atoms with Gasteiger partial charge in [0.15, 0.2) is 0 Å². The van der Waals surface area contributed by atoms with Crippen molar-refractivity contribution in [1.82, 2.24) is 5.06 Å². The normalized spacial score (nSPS) is 30.0. The van der Waals surface area contributed by atoms with Crippen LogP contribution < -0.4 is 0 Å². The van der Waals surface area contributed by atoms with Crippen molar-refractivity contribution in [2.75, 3.05) is 6.54 Å². The summed E-state index contributed by atoms with van der Waals surface area (Å²) in [5.74, 6) is -0.162. The molecule has 1 heterocycles. The molecule has 13 heavy (non-hydrogen) atoms. The summed E-state index contributed by atoms with van der Waals surface area (Å²) in [7, 11) is 0. The largest absolute Gasteiger partial charge is 0.286 e. The molecule has 1 aliphatic rings. The number of amides is 1. The van der Waals surface area contributed by atoms with Crippen LogP contribution in [-0.2, 0) is 4.79 Å². The van der Waals surface area contributed by atoms with Crippen LogP contribution in [0.2, 0.25) is 0 Å². The fourth-order valence-corrected chi connectivity index (χ4v) is 1.80. The molecule has 3 heteroatoms. The highest BCUT2D eigenvalue weighted by molar-refractivity contribution is 5.81. The summed E-state index contributed by atoms with van der Waals surface area (Å²) >= 11 is 0. The van der Waals surface area contributed by atoms with Crippen molar-refractivity contribution < 1.29 is 10.0 Å². The lowest BCUT2D eigenvalue weighted by atomic mass is 9.81. The third-order valence-corrected chi connectivity index (χ3v) is 2.69. The van der Waals surface area contributed by atoms with Gasteiger partial charge in [-0.2, -0.15) is 0 Å². The summed E-state index contributed by atoms with van der Waals surface area (Å²) in [4.78, 5) is 11.7. The molecule has 1 saturated heterocycles. The van der Waals surface area contributed by atoms with E-state index < -0.39 is 5.41 Å². The van der Waals surface area contributed by atoms with Crippen LogP contribution in [0.4, 0.5) is 0 Å². The van der Waals surface area contributed by atoms with E-state index in [1.807, 2.05) is 6.92 Å². The zero-order valence-corrected chi connectivity index (χ0v) is 8.12. The van der Waals surface area contributed by atoms with Crippen LogP contribution in [0.1, 0.15) is 32.6 Å². The molecule has 0 radical (unpaired) electrons. The lowest BCUT2D eigenvalue weighted by Gasteiger charge is -2.27. The number of hydrogen-bond acceptors (Lipinski definition) is 2. The molecule has 1 amide bonds. The minimum atomic E-state index is -0.438. The number of allylic oxidation sites excluding steroid dienone is 1. The Morgan fingerprint density at radius 1 is 1.69 bits per heavy atom. The summed E-state index contributed by atoms with van der Waals surface area (Å²) in [6.07, 6.45) is 5.11. The topological polar surface area (TPSA) is 40.5 Å². The van der Waals surface area contributed by atoms with Crippen molar-refractivity contribution >= 4 is 5.91 Å². The highest BCUT2D eigenvalue weighted by Crippen LogP contribution is 2.33. The SMILES string of the molecule is C=CC[C@]1(C)CCCCN(O)C1=O. The Morgan fingerprint density at radius 3 is 3.00 bits per heavy atom. The van der Waals surface area contributed by atoms with Crippen molar-refractivity contribution in [2.45, 2.75) is 32.6 Å². The average Bonchev–Trinajstić information content (AvgIpc) is 2.20. The zero-order valence-electron chi connectivity index (χ0n) is 8.12. The van der Waals surface area contributed by atoms with E-state index in [-0.39, 0.29) is 5.91 Å². The molecule has 3 nitrogen and oxygen atoms in total. The van der Waals surface area contributed by atoms with Gasteiger partial charge >= 0.3 is 0 Å². The lowest BCUT2D eigenvalue weighted by molar-refractivity contribution is -0.174. The van der Waals surface area contributed by atoms with Crippen LogP contribution in [0, 0.1) is 5.41 Å². The molecule has 0 spiro atoms. The maximum atomic E-state index is 11.7. The number of carbonyl (C=O) groups excluding carboxylic acids is 1. The van der Waals surface area contributed by atoms with Crippen molar-refractivity contribution in [3.8, 4) is 0 Å². The van der Waals surface area contributed by atoms with E-state index in [0.29, 0.717) is 13.0 Å². The zero-order chi connectivity index (χ0) is 9.90. The molecule has 1 aliphatic heterocycles. The molecule has 1 fully saturated rings. The molecule has 1 rings (SSSR count). The maximum absolute atomic E-state index is 11.7. The van der Waals surface area contributed by atoms with Crippen LogP contribution in [0.5, 0.6) is 0 Å². The molecule has 0 aromatic heterocycles. The van der Waals surface area contributed by atoms with Gasteiger partial charge in [0, 0.05) is 6.54 Å². The van der Waals surface area contributed by atoms with E-state index in [1.165, 1.54) is 0 Å². The predicted molar refractivity (Wildman–Crippen MR) is 50.3 cm³/mol. The van der Waals surface area contributed by atoms with Gasteiger partial charge in [-0.25, -0.2) is 5.06 Å². The maximum Gasteiger partial charge on any atom is 0.252 e. The number of carbonyl (C=O) groups is 1. The van der Waals surface area contributed by atoms with Gasteiger partial charge in [0.1, 0.15) is 0 Å². The third-order valence-electron chi connectivity index (χ3n) is 2.69. The minimum Gasteiger partial charge on any atom is -0.286 e. The molecular weight excluding hydrogens is 166 g/mol. The van der Waals surface area contributed by atoms with Crippen LogP contribution in [0.25, 0.3) is 0 Å². The first-order valence-corrected chi connectivity index (χ1v) is 4.72. The van der Waals surface area contributed by atoms with Gasteiger partial charge in [0.25, 0.3) is 5.91 Å². The molecule has 0 aromatic carbocycles. The number of hydrogen-bond donors (Lipinski definition) is 1. The Balaban J connectivity index is 2.79. The van der Waals surface area contributed by atoms with E-state index in [1.54, 1.807) is 6.08 Å². The molecule has 0 saturated carbocycles. The molecule has 1 atom stereocenters. The third kappa shape index (κ3) is 2.10. The standard InChI is InChI=1S/C10H17NO2/c1-3-6-10(2)7-4-5-8-11(13)9(10)12/h3,13H,1,4-8H2,2H3/t10-/m1/s1. The van der Waals surface area contributed by atoms with Crippen LogP contribution in [-0.4, -0.2) is 22.7 Å². The van der Waals surface area contributed by atoms with Gasteiger partial charge in [-0.1, -0.05) is 19.4 Å². The summed E-state index contributed by atoms with van der Waals surface area (Å²) in [6.45, 7) is 6.00. The molecule has 74 valence electrons. The smallest absolute Gasteiger partial charge is 0.252 e. The highest BCUT2D eigenvalue weighted by atomic mass is 16.5. The van der Waals surface area contributed by atoms with Gasteiger partial charge < -0.3 is 0 Å². The van der Waals surface area contributed by atoms with Gasteiger partial charge in [0.2, 0.25) is 0 Å². The average molecular weight is 183 g/mol. The minimum absolute atomic E-state index is 0.162. The first-order valence-electron chi connectivity index (χ1n) is 4.72. The molecule has 0 unspecified atom stereocenters. The Hall–Kier alpha value is -0.830. The van der Waals surface area contributed by atoms with Crippen molar-refractivity contribution in [3.63, 3.8) is 0 Å². The summed E-state index contributed by atoms with van der Waals surface area (Å²) < 4.78 is 0. The molecular formula is C10H17NO2. The Kier molecular flexibility index (Phi) is 3.09. The number of nitrogens with zero attached hydrogens (tertiary/aromatic N) is 1. The monoisotopic (exact) mass is 183 g/mol. The Bertz CT molecular complexity index is 215. The quantitative estimate of drug-likeness (QED) is 0.525. The van der Waals surface area contributed by atoms with E-state index in [0.717, 1.165) is 24.3 Å². The lowest BCUT2D eigenvalue weighted by Crippen LogP contribution is -2.38. The van der Waals surface area contributed by atoms with Gasteiger partial charge in [0.05, 0.1) is 5.41 Å². The molecule has 0 aromatic rings. The Morgan fingerprint density at radius 2 is 2.38 bits per heavy atom. The van der Waals surface area contributed by atoms with Crippen molar-refractivity contribution in [3.05, 3.63) is 12.7 Å². The summed E-state index contributed by atoms with van der Waals surface area (Å²) in [5, 5.41) is 10.2. The van der Waals surface area contributed by atoms with Gasteiger partial charge in [-0.05, 0) is 19.3 Å². The van der Waals surface area contributed by atoms with Crippen LogP contribution in [0.15, 0.2) is 12.7 Å². The fraction of sp³-hybridized carbons (Fsp3) is 0.700. The van der Waals surface area contributed by atoms with Crippen LogP contribution >= 0.6 is 0 Å². The van der Waals surface area contributed by atoms with Crippen molar-refractivity contribution in [1.29, 1.82) is 0 Å². The van der Waals surface area contributed by atoms with E-state index >= 15 is 0 Å². The van der Waals surface area contributed by atoms with E-state index in [4.69, 9.17) is 0 Å². The highest BCUT2D eigenvalue weighted by Gasteiger charge is 2.36. The number of hydroxylamine groups is 2. The molecule has 0 aliphatic carbocycles. The van der Waals surface area contributed by atoms with Crippen molar-refractivity contribution in [2.24, 2.45) is 5.41 Å². The predicted octanol–water partition coefficient (Wildman–Crippen LogP) is 1.97. The van der Waals surface area contributed by atoms with E-state index in [2.05, 4.69) is 6.58 Å². The summed E-state index contributed by atoms with van der Waals surface area (Å²) in [6, 6.07) is 0. The van der Waals surface area contributed by atoms with E-state index in [9.17, 15) is 10.0 Å². The molecule has 0 bridgehead atoms. The second-order valence-electron chi connectivity index (χ2n) is 3.94. The van der Waals surface area contributed by atoms with Gasteiger partial charge in [-0.15, -0.1) is 6.58 Å². The second-order valence-corrected chi connectivity index (χ2v) is 3.94.